The minimum atomic E-state index is -0.885. The van der Waals surface area contributed by atoms with Crippen LogP contribution in [0.15, 0.2) is 48.0 Å². The molecule has 0 aliphatic carbocycles. The highest BCUT2D eigenvalue weighted by molar-refractivity contribution is 6.46. The average molecular weight is 483 g/mol. The molecule has 1 N–H and O–H groups in total. The van der Waals surface area contributed by atoms with Crippen LogP contribution < -0.4 is 4.74 Å². The Morgan fingerprint density at radius 1 is 1.17 bits per heavy atom. The van der Waals surface area contributed by atoms with Crippen LogP contribution in [0.3, 0.4) is 0 Å². The number of hydrogen-bond donors (Lipinski definition) is 1. The number of non-ortho nitro benzene ring substituents is 1. The third kappa shape index (κ3) is 5.68. The molecule has 3 rings (SSSR count). The summed E-state index contributed by atoms with van der Waals surface area (Å²) in [5, 5.41) is 22.4. The van der Waals surface area contributed by atoms with E-state index >= 15 is 0 Å². The van der Waals surface area contributed by atoms with Gasteiger partial charge in [0.15, 0.2) is 0 Å². The van der Waals surface area contributed by atoms with Gasteiger partial charge in [0.05, 0.1) is 23.1 Å². The summed E-state index contributed by atoms with van der Waals surface area (Å²) in [5.74, 6) is -0.851. The summed E-state index contributed by atoms with van der Waals surface area (Å²) in [5.41, 5.74) is 1.40. The lowest BCUT2D eigenvalue weighted by molar-refractivity contribution is -0.384. The van der Waals surface area contributed by atoms with E-state index in [1.807, 2.05) is 13.8 Å². The van der Waals surface area contributed by atoms with Crippen molar-refractivity contribution in [3.63, 3.8) is 0 Å². The van der Waals surface area contributed by atoms with Gasteiger partial charge in [-0.25, -0.2) is 0 Å². The smallest absolute Gasteiger partial charge is 0.295 e. The number of aliphatic hydroxyl groups is 1. The van der Waals surface area contributed by atoms with Gasteiger partial charge in [-0.1, -0.05) is 13.8 Å². The Morgan fingerprint density at radius 2 is 1.86 bits per heavy atom. The van der Waals surface area contributed by atoms with E-state index in [-0.39, 0.29) is 23.6 Å². The van der Waals surface area contributed by atoms with E-state index in [4.69, 9.17) is 9.47 Å². The minimum absolute atomic E-state index is 0.0554. The van der Waals surface area contributed by atoms with E-state index in [0.29, 0.717) is 48.0 Å². The third-order valence-corrected chi connectivity index (χ3v) is 5.74. The Balaban J connectivity index is 2.07. The second kappa shape index (κ2) is 11.1. The molecule has 0 spiro atoms. The first kappa shape index (κ1) is 25.9. The predicted octanol–water partition coefficient (Wildman–Crippen LogP) is 4.40. The van der Waals surface area contributed by atoms with Gasteiger partial charge in [-0.3, -0.25) is 19.7 Å². The molecule has 1 heterocycles. The summed E-state index contributed by atoms with van der Waals surface area (Å²) in [6.07, 6.45) is 0.480. The Hall–Kier alpha value is -3.72. The van der Waals surface area contributed by atoms with Crippen molar-refractivity contribution in [2.75, 3.05) is 26.9 Å². The summed E-state index contributed by atoms with van der Waals surface area (Å²) in [4.78, 5) is 38.0. The number of nitro benzene ring substituents is 1. The highest BCUT2D eigenvalue weighted by Gasteiger charge is 2.46. The quantitative estimate of drug-likeness (QED) is 0.133. The number of carbonyl (C=O) groups is 2. The first-order valence-electron chi connectivity index (χ1n) is 11.4. The number of nitro groups is 1. The van der Waals surface area contributed by atoms with Crippen molar-refractivity contribution < 1.29 is 29.1 Å². The maximum absolute atomic E-state index is 13.1. The highest BCUT2D eigenvalue weighted by Crippen LogP contribution is 2.40. The van der Waals surface area contributed by atoms with Crippen LogP contribution in [0.25, 0.3) is 5.76 Å². The lowest BCUT2D eigenvalue weighted by Crippen LogP contribution is -2.31. The lowest BCUT2D eigenvalue weighted by Gasteiger charge is -2.25. The van der Waals surface area contributed by atoms with Gasteiger partial charge in [-0.05, 0) is 60.7 Å². The standard InChI is InChI=1S/C26H30N2O7/c1-16(2)15-35-20-10-11-21(17(3)14-20)24(29)22-23(18-6-8-19(9-7-18)28(32)33)27(12-5-13-34-4)26(31)25(22)30/h6-11,14,16,23,29H,5,12-13,15H2,1-4H3. The van der Waals surface area contributed by atoms with Crippen molar-refractivity contribution in [3.05, 3.63) is 74.8 Å². The van der Waals surface area contributed by atoms with Gasteiger partial charge in [0.25, 0.3) is 17.4 Å². The van der Waals surface area contributed by atoms with Gasteiger partial charge in [0.2, 0.25) is 0 Å². The van der Waals surface area contributed by atoms with Gasteiger partial charge >= 0.3 is 0 Å². The van der Waals surface area contributed by atoms with Crippen molar-refractivity contribution >= 4 is 23.1 Å². The van der Waals surface area contributed by atoms with Crippen LogP contribution in [0.2, 0.25) is 0 Å². The first-order valence-corrected chi connectivity index (χ1v) is 11.4. The van der Waals surface area contributed by atoms with Crippen LogP contribution >= 0.6 is 0 Å². The molecule has 9 nitrogen and oxygen atoms in total. The van der Waals surface area contributed by atoms with Gasteiger partial charge in [-0.2, -0.15) is 0 Å². The third-order valence-electron chi connectivity index (χ3n) is 5.74. The molecule has 0 saturated carbocycles. The molecule has 0 aromatic heterocycles. The highest BCUT2D eigenvalue weighted by atomic mass is 16.6. The van der Waals surface area contributed by atoms with Crippen molar-refractivity contribution in [2.45, 2.75) is 33.2 Å². The number of nitrogens with zero attached hydrogens (tertiary/aromatic N) is 2. The number of ketones is 1. The number of benzene rings is 2. The minimum Gasteiger partial charge on any atom is -0.507 e. The maximum atomic E-state index is 13.1. The van der Waals surface area contributed by atoms with Gasteiger partial charge in [0.1, 0.15) is 11.5 Å². The Labute approximate surface area is 204 Å². The normalized spacial score (nSPS) is 17.3. The van der Waals surface area contributed by atoms with E-state index in [0.717, 1.165) is 0 Å². The van der Waals surface area contributed by atoms with E-state index in [1.165, 1.54) is 29.2 Å². The van der Waals surface area contributed by atoms with E-state index in [9.17, 15) is 24.8 Å². The van der Waals surface area contributed by atoms with E-state index < -0.39 is 22.7 Å². The molecule has 1 atom stereocenters. The van der Waals surface area contributed by atoms with Crippen LogP contribution in [0.1, 0.15) is 43.0 Å². The fourth-order valence-electron chi connectivity index (χ4n) is 4.01. The summed E-state index contributed by atoms with van der Waals surface area (Å²) in [6.45, 7) is 7.00. The number of amides is 1. The molecular weight excluding hydrogens is 452 g/mol. The molecular formula is C26H30N2O7. The number of hydrogen-bond acceptors (Lipinski definition) is 7. The molecule has 1 unspecified atom stereocenters. The van der Waals surface area contributed by atoms with Crippen molar-refractivity contribution in [3.8, 4) is 5.75 Å². The number of methoxy groups -OCH3 is 1. The largest absolute Gasteiger partial charge is 0.507 e. The second-order valence-electron chi connectivity index (χ2n) is 8.87. The second-order valence-corrected chi connectivity index (χ2v) is 8.87. The van der Waals surface area contributed by atoms with Crippen LogP contribution in [0.4, 0.5) is 5.69 Å². The number of rotatable bonds is 10. The first-order chi connectivity index (χ1) is 16.6. The fraction of sp³-hybridized carbons (Fsp3) is 0.385. The monoisotopic (exact) mass is 482 g/mol. The van der Waals surface area contributed by atoms with E-state index in [2.05, 4.69) is 0 Å². The molecule has 0 radical (unpaired) electrons. The number of carbonyl (C=O) groups excluding carboxylic acids is 2. The summed E-state index contributed by atoms with van der Waals surface area (Å²) >= 11 is 0. The van der Waals surface area contributed by atoms with Gasteiger partial charge in [0, 0.05) is 38.0 Å². The van der Waals surface area contributed by atoms with Crippen LogP contribution in [0.5, 0.6) is 5.75 Å². The maximum Gasteiger partial charge on any atom is 0.295 e. The van der Waals surface area contributed by atoms with Crippen LogP contribution in [0, 0.1) is 23.0 Å². The molecule has 1 fully saturated rings. The lowest BCUT2D eigenvalue weighted by atomic mass is 9.93. The van der Waals surface area contributed by atoms with Gasteiger partial charge < -0.3 is 19.5 Å². The zero-order valence-corrected chi connectivity index (χ0v) is 20.3. The molecule has 35 heavy (non-hydrogen) atoms. The summed E-state index contributed by atoms with van der Waals surface area (Å²) < 4.78 is 10.8. The van der Waals surface area contributed by atoms with Crippen LogP contribution in [-0.2, 0) is 14.3 Å². The van der Waals surface area contributed by atoms with Gasteiger partial charge in [-0.15, -0.1) is 0 Å². The average Bonchev–Trinajstić information content (AvgIpc) is 3.07. The molecule has 1 saturated heterocycles. The molecule has 0 bridgehead atoms. The topological polar surface area (TPSA) is 119 Å². The van der Waals surface area contributed by atoms with Crippen LogP contribution in [-0.4, -0.2) is 53.5 Å². The molecule has 186 valence electrons. The SMILES string of the molecule is COCCCN1C(=O)C(=O)C(=C(O)c2ccc(OCC(C)C)cc2C)C1c1ccc([N+](=O)[O-])cc1. The molecule has 9 heteroatoms. The zero-order valence-electron chi connectivity index (χ0n) is 20.3. The van der Waals surface area contributed by atoms with Crippen molar-refractivity contribution in [1.82, 2.24) is 4.90 Å². The molecule has 1 aliphatic heterocycles. The summed E-state index contributed by atoms with van der Waals surface area (Å²) in [6, 6.07) is 9.89. The van der Waals surface area contributed by atoms with E-state index in [1.54, 1.807) is 32.2 Å². The number of aryl methyl sites for hydroxylation is 1. The van der Waals surface area contributed by atoms with Crippen molar-refractivity contribution in [1.29, 1.82) is 0 Å². The Bertz CT molecular complexity index is 1140. The number of Topliss-reactive ketones (excluding diaryl/α,β-unsaturated/α-hetero) is 1. The Kier molecular flexibility index (Phi) is 8.24. The molecule has 1 aliphatic rings. The van der Waals surface area contributed by atoms with Crippen molar-refractivity contribution in [2.24, 2.45) is 5.92 Å². The number of likely N-dealkylation sites (tertiary alicyclic amines) is 1. The molecule has 1 amide bonds. The predicted molar refractivity (Wildman–Crippen MR) is 130 cm³/mol. The zero-order chi connectivity index (χ0) is 25.7. The number of aliphatic hydroxyl groups excluding tert-OH is 1. The Morgan fingerprint density at radius 3 is 2.43 bits per heavy atom. The summed E-state index contributed by atoms with van der Waals surface area (Å²) in [7, 11) is 1.54. The molecule has 2 aromatic carbocycles. The number of ether oxygens (including phenoxy) is 2. The molecule has 2 aromatic rings. The fourth-order valence-corrected chi connectivity index (χ4v) is 4.01.